The molecule has 2 N–H and O–H groups in total. The number of aryl methyl sites for hydroxylation is 2. The van der Waals surface area contributed by atoms with Gasteiger partial charge in [0.1, 0.15) is 5.65 Å². The first kappa shape index (κ1) is 12.9. The Morgan fingerprint density at radius 1 is 1.30 bits per heavy atom. The highest BCUT2D eigenvalue weighted by Crippen LogP contribution is 2.15. The van der Waals surface area contributed by atoms with Crippen molar-refractivity contribution in [2.24, 2.45) is 7.05 Å². The quantitative estimate of drug-likeness (QED) is 0.746. The second-order valence-electron chi connectivity index (χ2n) is 4.95. The summed E-state index contributed by atoms with van der Waals surface area (Å²) in [5.74, 6) is 0. The summed E-state index contributed by atoms with van der Waals surface area (Å²) in [6, 6.07) is 4.06. The first-order valence-electron chi connectivity index (χ1n) is 6.91. The highest BCUT2D eigenvalue weighted by molar-refractivity contribution is 5.79. The molecule has 0 unspecified atom stereocenters. The van der Waals surface area contributed by atoms with Crippen molar-refractivity contribution in [3.63, 3.8) is 0 Å². The second-order valence-corrected chi connectivity index (χ2v) is 4.95. The molecule has 0 aliphatic carbocycles. The van der Waals surface area contributed by atoms with Crippen LogP contribution in [0.4, 0.5) is 0 Å². The predicted octanol–water partition coefficient (Wildman–Crippen LogP) is 2.15. The topological polar surface area (TPSA) is 58.5 Å². The summed E-state index contributed by atoms with van der Waals surface area (Å²) >= 11 is 0. The summed E-state index contributed by atoms with van der Waals surface area (Å²) in [4.78, 5) is 7.50. The Morgan fingerprint density at radius 2 is 2.15 bits per heavy atom. The van der Waals surface area contributed by atoms with E-state index in [4.69, 9.17) is 0 Å². The molecule has 0 fully saturated rings. The summed E-state index contributed by atoms with van der Waals surface area (Å²) in [6.45, 7) is 3.80. The molecule has 0 saturated carbocycles. The molecular formula is C15H19N5. The van der Waals surface area contributed by atoms with Crippen LogP contribution in [0.3, 0.4) is 0 Å². The van der Waals surface area contributed by atoms with E-state index in [1.807, 2.05) is 24.0 Å². The van der Waals surface area contributed by atoms with E-state index < -0.39 is 0 Å². The lowest BCUT2D eigenvalue weighted by Crippen LogP contribution is -2.13. The van der Waals surface area contributed by atoms with Gasteiger partial charge in [0.15, 0.2) is 0 Å². The van der Waals surface area contributed by atoms with Crippen molar-refractivity contribution in [1.82, 2.24) is 25.1 Å². The van der Waals surface area contributed by atoms with Crippen molar-refractivity contribution < 1.29 is 0 Å². The lowest BCUT2D eigenvalue weighted by Gasteiger charge is -2.03. The van der Waals surface area contributed by atoms with Crippen LogP contribution < -0.4 is 5.32 Å². The fourth-order valence-corrected chi connectivity index (χ4v) is 2.52. The molecule has 5 nitrogen and oxygen atoms in total. The number of nitrogens with one attached hydrogen (secondary N) is 2. The molecule has 0 atom stereocenters. The molecule has 0 amide bonds. The molecule has 0 aliphatic rings. The number of fused-ring (bicyclic) bond motifs is 1. The average Bonchev–Trinajstić information content (AvgIpc) is 3.03. The molecule has 0 aliphatic heterocycles. The molecule has 0 saturated heterocycles. The lowest BCUT2D eigenvalue weighted by molar-refractivity contribution is 0.691. The average molecular weight is 269 g/mol. The number of H-pyrrole nitrogens is 1. The molecule has 0 spiro atoms. The van der Waals surface area contributed by atoms with Gasteiger partial charge in [0.05, 0.1) is 5.69 Å². The predicted molar refractivity (Wildman–Crippen MR) is 79.2 cm³/mol. The number of nitrogens with zero attached hydrogens (tertiary/aromatic N) is 3. The maximum absolute atomic E-state index is 4.46. The van der Waals surface area contributed by atoms with Crippen molar-refractivity contribution in [1.29, 1.82) is 0 Å². The second kappa shape index (κ2) is 5.46. The lowest BCUT2D eigenvalue weighted by atomic mass is 10.2. The number of hydrogen-bond acceptors (Lipinski definition) is 3. The Balaban J connectivity index is 1.68. The van der Waals surface area contributed by atoms with Crippen LogP contribution in [0.25, 0.3) is 11.0 Å². The van der Waals surface area contributed by atoms with Crippen LogP contribution in [0.1, 0.15) is 23.7 Å². The third kappa shape index (κ3) is 2.44. The van der Waals surface area contributed by atoms with Crippen molar-refractivity contribution >= 4 is 11.0 Å². The molecule has 3 heterocycles. The van der Waals surface area contributed by atoms with Gasteiger partial charge in [-0.1, -0.05) is 6.92 Å². The van der Waals surface area contributed by atoms with Gasteiger partial charge < -0.3 is 10.3 Å². The third-order valence-corrected chi connectivity index (χ3v) is 3.49. The normalized spacial score (nSPS) is 11.3. The molecule has 0 aromatic carbocycles. The van der Waals surface area contributed by atoms with Gasteiger partial charge in [0.2, 0.25) is 0 Å². The Hall–Kier alpha value is -2.14. The van der Waals surface area contributed by atoms with Crippen molar-refractivity contribution in [2.75, 3.05) is 0 Å². The Bertz CT molecular complexity index is 710. The van der Waals surface area contributed by atoms with E-state index in [9.17, 15) is 0 Å². The van der Waals surface area contributed by atoms with E-state index in [-0.39, 0.29) is 0 Å². The van der Waals surface area contributed by atoms with Crippen LogP contribution in [0.15, 0.2) is 30.7 Å². The summed E-state index contributed by atoms with van der Waals surface area (Å²) in [6.07, 6.45) is 6.88. The minimum absolute atomic E-state index is 0.823. The molecule has 0 radical (unpaired) electrons. The molecule has 20 heavy (non-hydrogen) atoms. The summed E-state index contributed by atoms with van der Waals surface area (Å²) in [7, 11) is 1.97. The van der Waals surface area contributed by atoms with Crippen molar-refractivity contribution in [3.05, 3.63) is 47.5 Å². The molecule has 5 heteroatoms. The van der Waals surface area contributed by atoms with Gasteiger partial charge in [-0.25, -0.2) is 4.98 Å². The molecule has 3 rings (SSSR count). The highest BCUT2D eigenvalue weighted by atomic mass is 15.3. The van der Waals surface area contributed by atoms with Gasteiger partial charge >= 0.3 is 0 Å². The smallest absolute Gasteiger partial charge is 0.137 e. The number of aromatic nitrogens is 4. The number of pyridine rings is 1. The maximum atomic E-state index is 4.46. The van der Waals surface area contributed by atoms with E-state index >= 15 is 0 Å². The Morgan fingerprint density at radius 3 is 3.00 bits per heavy atom. The summed E-state index contributed by atoms with van der Waals surface area (Å²) in [5, 5.41) is 9.12. The maximum Gasteiger partial charge on any atom is 0.137 e. The molecule has 3 aromatic heterocycles. The molecule has 0 bridgehead atoms. The molecule has 3 aromatic rings. The van der Waals surface area contributed by atoms with Crippen molar-refractivity contribution in [3.8, 4) is 0 Å². The van der Waals surface area contributed by atoms with Gasteiger partial charge in [-0.2, -0.15) is 5.10 Å². The van der Waals surface area contributed by atoms with Gasteiger partial charge in [0.25, 0.3) is 0 Å². The minimum Gasteiger partial charge on any atom is -0.346 e. The fraction of sp³-hybridized carbons (Fsp3) is 0.333. The number of aromatic amines is 1. The van der Waals surface area contributed by atoms with E-state index in [1.54, 1.807) is 6.20 Å². The van der Waals surface area contributed by atoms with E-state index in [2.05, 4.69) is 39.6 Å². The van der Waals surface area contributed by atoms with E-state index in [1.165, 1.54) is 22.2 Å². The number of hydrogen-bond donors (Lipinski definition) is 2. The monoisotopic (exact) mass is 269 g/mol. The van der Waals surface area contributed by atoms with Crippen LogP contribution in [0.2, 0.25) is 0 Å². The van der Waals surface area contributed by atoms with Crippen LogP contribution in [-0.2, 0) is 26.6 Å². The number of rotatable bonds is 5. The van der Waals surface area contributed by atoms with Gasteiger partial charge in [0, 0.05) is 49.7 Å². The van der Waals surface area contributed by atoms with E-state index in [0.717, 1.165) is 25.2 Å². The minimum atomic E-state index is 0.823. The summed E-state index contributed by atoms with van der Waals surface area (Å²) < 4.78 is 1.88. The molecular weight excluding hydrogens is 250 g/mol. The highest BCUT2D eigenvalue weighted by Gasteiger charge is 2.07. The summed E-state index contributed by atoms with van der Waals surface area (Å²) in [5.41, 5.74) is 4.63. The largest absolute Gasteiger partial charge is 0.346 e. The zero-order valence-electron chi connectivity index (χ0n) is 11.8. The standard InChI is InChI=1S/C15H19N5/c1-3-14-12(10-20(2)19-14)8-16-7-11-9-18-15-13(11)5-4-6-17-15/h4-6,9-10,16H,3,7-8H2,1-2H3,(H,17,18). The Kier molecular flexibility index (Phi) is 3.52. The molecule has 104 valence electrons. The Labute approximate surface area is 118 Å². The van der Waals surface area contributed by atoms with Gasteiger partial charge in [-0.05, 0) is 24.1 Å². The van der Waals surface area contributed by atoms with Crippen LogP contribution in [-0.4, -0.2) is 19.7 Å². The first-order chi connectivity index (χ1) is 9.78. The van der Waals surface area contributed by atoms with Gasteiger partial charge in [-0.3, -0.25) is 4.68 Å². The van der Waals surface area contributed by atoms with E-state index in [0.29, 0.717) is 0 Å². The van der Waals surface area contributed by atoms with Crippen molar-refractivity contribution in [2.45, 2.75) is 26.4 Å². The third-order valence-electron chi connectivity index (χ3n) is 3.49. The van der Waals surface area contributed by atoms with Gasteiger partial charge in [-0.15, -0.1) is 0 Å². The van der Waals surface area contributed by atoms with Crippen LogP contribution in [0.5, 0.6) is 0 Å². The SMILES string of the molecule is CCc1nn(C)cc1CNCc1c[nH]c2ncccc12. The zero-order chi connectivity index (χ0) is 13.9. The zero-order valence-corrected chi connectivity index (χ0v) is 11.8. The fourth-order valence-electron chi connectivity index (χ4n) is 2.52. The first-order valence-corrected chi connectivity index (χ1v) is 6.91. The van der Waals surface area contributed by atoms with Crippen LogP contribution in [0, 0.1) is 0 Å². The van der Waals surface area contributed by atoms with Crippen LogP contribution >= 0.6 is 0 Å².